The van der Waals surface area contributed by atoms with E-state index in [0.717, 1.165) is 11.1 Å². The number of hydrogen-bond acceptors (Lipinski definition) is 2. The van der Waals surface area contributed by atoms with Crippen LogP contribution in [0.1, 0.15) is 11.1 Å². The first kappa shape index (κ1) is 11.5. The van der Waals surface area contributed by atoms with Crippen LogP contribution in [-0.2, 0) is 6.61 Å². The lowest BCUT2D eigenvalue weighted by Crippen LogP contribution is -2.01. The smallest absolute Gasteiger partial charge is 0.126 e. The average molecular weight is 231 g/mol. The van der Waals surface area contributed by atoms with Gasteiger partial charge in [0, 0.05) is 17.3 Å². The van der Waals surface area contributed by atoms with Crippen LogP contribution in [0.25, 0.3) is 0 Å². The van der Waals surface area contributed by atoms with Gasteiger partial charge in [0.2, 0.25) is 0 Å². The van der Waals surface area contributed by atoms with E-state index in [2.05, 4.69) is 0 Å². The summed E-state index contributed by atoms with van der Waals surface area (Å²) in [6, 6.07) is 12.0. The van der Waals surface area contributed by atoms with Crippen molar-refractivity contribution in [3.8, 4) is 5.75 Å². The molecule has 2 aromatic rings. The average Bonchev–Trinajstić information content (AvgIpc) is 2.32. The van der Waals surface area contributed by atoms with Gasteiger partial charge in [-0.3, -0.25) is 0 Å². The number of rotatable bonds is 3. The van der Waals surface area contributed by atoms with Crippen LogP contribution in [0.4, 0.5) is 10.1 Å². The number of benzene rings is 2. The second-order valence-corrected chi connectivity index (χ2v) is 3.90. The molecule has 0 spiro atoms. The number of ether oxygens (including phenoxy) is 1. The molecule has 0 aliphatic rings. The van der Waals surface area contributed by atoms with Gasteiger partial charge in [-0.05, 0) is 24.6 Å². The van der Waals surface area contributed by atoms with E-state index >= 15 is 0 Å². The number of aryl methyl sites for hydroxylation is 1. The summed E-state index contributed by atoms with van der Waals surface area (Å²) < 4.78 is 18.6. The minimum absolute atomic E-state index is 0.299. The summed E-state index contributed by atoms with van der Waals surface area (Å²) in [4.78, 5) is 0. The fraction of sp³-hybridized carbons (Fsp3) is 0.143. The van der Waals surface area contributed by atoms with Crippen molar-refractivity contribution in [3.05, 3.63) is 59.4 Å². The predicted octanol–water partition coefficient (Wildman–Crippen LogP) is 3.30. The lowest BCUT2D eigenvalue weighted by molar-refractivity contribution is 0.303. The predicted molar refractivity (Wildman–Crippen MR) is 66.3 cm³/mol. The minimum Gasteiger partial charge on any atom is -0.488 e. The van der Waals surface area contributed by atoms with Crippen LogP contribution in [0, 0.1) is 12.7 Å². The number of nitrogens with two attached hydrogens (primary N) is 1. The normalized spacial score (nSPS) is 10.2. The zero-order valence-electron chi connectivity index (χ0n) is 9.61. The number of halogens is 1. The molecule has 2 aromatic carbocycles. The fourth-order valence-corrected chi connectivity index (χ4v) is 1.55. The molecule has 0 aromatic heterocycles. The first-order valence-electron chi connectivity index (χ1n) is 5.39. The molecule has 0 bridgehead atoms. The highest BCUT2D eigenvalue weighted by molar-refractivity contribution is 5.46. The minimum atomic E-state index is -0.299. The zero-order chi connectivity index (χ0) is 12.3. The number of para-hydroxylation sites is 1. The van der Waals surface area contributed by atoms with Gasteiger partial charge in [0.15, 0.2) is 0 Å². The van der Waals surface area contributed by atoms with Crippen molar-refractivity contribution in [2.45, 2.75) is 13.5 Å². The van der Waals surface area contributed by atoms with Gasteiger partial charge in [0.25, 0.3) is 0 Å². The third-order valence-corrected chi connectivity index (χ3v) is 2.59. The van der Waals surface area contributed by atoms with Crippen LogP contribution < -0.4 is 10.5 Å². The van der Waals surface area contributed by atoms with Crippen molar-refractivity contribution in [2.75, 3.05) is 5.73 Å². The largest absolute Gasteiger partial charge is 0.488 e. The highest BCUT2D eigenvalue weighted by Crippen LogP contribution is 2.21. The van der Waals surface area contributed by atoms with E-state index in [4.69, 9.17) is 10.5 Å². The Morgan fingerprint density at radius 3 is 2.71 bits per heavy atom. The maximum absolute atomic E-state index is 13.0. The molecule has 0 unspecified atom stereocenters. The topological polar surface area (TPSA) is 35.2 Å². The maximum atomic E-state index is 13.0. The number of nitrogen functional groups attached to an aromatic ring is 1. The van der Waals surface area contributed by atoms with Gasteiger partial charge in [-0.2, -0.15) is 0 Å². The molecule has 2 rings (SSSR count). The summed E-state index contributed by atoms with van der Waals surface area (Å²) >= 11 is 0. The lowest BCUT2D eigenvalue weighted by Gasteiger charge is -2.10. The molecule has 0 radical (unpaired) electrons. The summed E-state index contributed by atoms with van der Waals surface area (Å²) in [5.74, 6) is 0.250. The molecule has 0 heterocycles. The van der Waals surface area contributed by atoms with E-state index in [9.17, 15) is 4.39 Å². The molecule has 3 heteroatoms. The van der Waals surface area contributed by atoms with Crippen LogP contribution in [-0.4, -0.2) is 0 Å². The quantitative estimate of drug-likeness (QED) is 0.822. The Morgan fingerprint density at radius 2 is 1.94 bits per heavy atom. The van der Waals surface area contributed by atoms with E-state index in [1.807, 2.05) is 31.2 Å². The Hall–Kier alpha value is -2.03. The highest BCUT2D eigenvalue weighted by atomic mass is 19.1. The second kappa shape index (κ2) is 4.87. The Balaban J connectivity index is 2.12. The van der Waals surface area contributed by atoms with E-state index in [1.54, 1.807) is 6.07 Å². The third kappa shape index (κ3) is 2.75. The summed E-state index contributed by atoms with van der Waals surface area (Å²) in [5.41, 5.74) is 8.28. The van der Waals surface area contributed by atoms with Crippen LogP contribution in [0.15, 0.2) is 42.5 Å². The van der Waals surface area contributed by atoms with E-state index in [1.165, 1.54) is 12.1 Å². The third-order valence-electron chi connectivity index (χ3n) is 2.59. The molecule has 0 aliphatic carbocycles. The molecule has 0 fully saturated rings. The van der Waals surface area contributed by atoms with Gasteiger partial charge in [-0.15, -0.1) is 0 Å². The van der Waals surface area contributed by atoms with Gasteiger partial charge in [-0.25, -0.2) is 4.39 Å². The summed E-state index contributed by atoms with van der Waals surface area (Å²) in [6.07, 6.45) is 0. The van der Waals surface area contributed by atoms with Crippen LogP contribution in [0.3, 0.4) is 0 Å². The molecule has 0 atom stereocenters. The second-order valence-electron chi connectivity index (χ2n) is 3.90. The Kier molecular flexibility index (Phi) is 3.28. The molecule has 0 saturated carbocycles. The van der Waals surface area contributed by atoms with Gasteiger partial charge in [0.05, 0.1) is 0 Å². The highest BCUT2D eigenvalue weighted by Gasteiger charge is 2.03. The van der Waals surface area contributed by atoms with Crippen LogP contribution >= 0.6 is 0 Å². The van der Waals surface area contributed by atoms with E-state index < -0.39 is 0 Å². The first-order chi connectivity index (χ1) is 8.16. The van der Waals surface area contributed by atoms with Crippen molar-refractivity contribution in [2.24, 2.45) is 0 Å². The van der Waals surface area contributed by atoms with Gasteiger partial charge >= 0.3 is 0 Å². The molecule has 0 saturated heterocycles. The Bertz CT molecular complexity index is 525. The fourth-order valence-electron chi connectivity index (χ4n) is 1.55. The molecule has 0 aliphatic heterocycles. The molecule has 17 heavy (non-hydrogen) atoms. The zero-order valence-corrected chi connectivity index (χ0v) is 9.61. The van der Waals surface area contributed by atoms with Gasteiger partial charge in [-0.1, -0.05) is 24.3 Å². The van der Waals surface area contributed by atoms with Crippen molar-refractivity contribution in [3.63, 3.8) is 0 Å². The first-order valence-corrected chi connectivity index (χ1v) is 5.39. The van der Waals surface area contributed by atoms with Gasteiger partial charge < -0.3 is 10.5 Å². The van der Waals surface area contributed by atoms with Crippen LogP contribution in [0.2, 0.25) is 0 Å². The van der Waals surface area contributed by atoms with Crippen molar-refractivity contribution in [1.82, 2.24) is 0 Å². The molecular formula is C14H14FNO. The monoisotopic (exact) mass is 231 g/mol. The summed E-state index contributed by atoms with van der Waals surface area (Å²) in [5, 5.41) is 0. The molecule has 88 valence electrons. The molecule has 2 nitrogen and oxygen atoms in total. The van der Waals surface area contributed by atoms with Crippen molar-refractivity contribution >= 4 is 5.69 Å². The van der Waals surface area contributed by atoms with E-state index in [0.29, 0.717) is 18.0 Å². The standard InChI is InChI=1S/C14H14FNO/c1-10-6-7-12(15)8-14(10)17-9-11-4-2-3-5-13(11)16/h2-8H,9,16H2,1H3. The van der Waals surface area contributed by atoms with Gasteiger partial charge in [0.1, 0.15) is 18.2 Å². The number of anilines is 1. The number of hydrogen-bond donors (Lipinski definition) is 1. The Morgan fingerprint density at radius 1 is 1.18 bits per heavy atom. The summed E-state index contributed by atoms with van der Waals surface area (Å²) in [6.45, 7) is 2.22. The Labute approximate surface area is 99.8 Å². The maximum Gasteiger partial charge on any atom is 0.126 e. The lowest BCUT2D eigenvalue weighted by atomic mass is 10.2. The molecule has 0 amide bonds. The summed E-state index contributed by atoms with van der Waals surface area (Å²) in [7, 11) is 0. The van der Waals surface area contributed by atoms with E-state index in [-0.39, 0.29) is 5.82 Å². The molecular weight excluding hydrogens is 217 g/mol. The van der Waals surface area contributed by atoms with Crippen LogP contribution in [0.5, 0.6) is 5.75 Å². The SMILES string of the molecule is Cc1ccc(F)cc1OCc1ccccc1N. The van der Waals surface area contributed by atoms with Crippen molar-refractivity contribution in [1.29, 1.82) is 0 Å². The molecule has 2 N–H and O–H groups in total. The van der Waals surface area contributed by atoms with Crippen molar-refractivity contribution < 1.29 is 9.13 Å².